The topological polar surface area (TPSA) is 50.1 Å². The molecule has 0 amide bonds. The van der Waals surface area contributed by atoms with E-state index in [1.807, 2.05) is 13.0 Å². The number of aryl methyl sites for hydroxylation is 1. The summed E-state index contributed by atoms with van der Waals surface area (Å²) in [7, 11) is 0. The Bertz CT molecular complexity index is 507. The summed E-state index contributed by atoms with van der Waals surface area (Å²) in [5.74, 6) is -0.603. The van der Waals surface area contributed by atoms with Crippen LogP contribution in [0.5, 0.6) is 0 Å². The molecule has 0 unspecified atom stereocenters. The molecule has 0 saturated carbocycles. The predicted octanol–water partition coefficient (Wildman–Crippen LogP) is 3.16. The van der Waals surface area contributed by atoms with E-state index in [0.29, 0.717) is 12.0 Å². The average molecular weight is 267 g/mol. The molecule has 0 heterocycles. The Hall–Kier alpha value is -1.96. The number of benzene rings is 1. The number of nitrogens with zero attached hydrogens (tertiary/aromatic N) is 1. The third-order valence-electron chi connectivity index (χ3n) is 2.79. The fourth-order valence-corrected chi connectivity index (χ4v) is 1.90. The van der Waals surface area contributed by atoms with Gasteiger partial charge in [-0.25, -0.2) is 8.78 Å². The maximum Gasteiger partial charge on any atom is 0.310 e. The maximum atomic E-state index is 13.0. The van der Waals surface area contributed by atoms with Gasteiger partial charge in [0.1, 0.15) is 0 Å². The van der Waals surface area contributed by atoms with Gasteiger partial charge in [-0.05, 0) is 24.5 Å². The number of carbonyl (C=O) groups is 1. The first-order chi connectivity index (χ1) is 9.04. The summed E-state index contributed by atoms with van der Waals surface area (Å²) in [6.45, 7) is 3.64. The Labute approximate surface area is 110 Å². The summed E-state index contributed by atoms with van der Waals surface area (Å²) in [5.41, 5.74) is 0.622. The molecule has 0 bridgehead atoms. The number of alkyl halides is 2. The Morgan fingerprint density at radius 2 is 2.11 bits per heavy atom. The molecule has 3 nitrogen and oxygen atoms in total. The fourth-order valence-electron chi connectivity index (χ4n) is 1.90. The fraction of sp³-hybridized carbons (Fsp3) is 0.429. The van der Waals surface area contributed by atoms with E-state index in [0.717, 1.165) is 0 Å². The van der Waals surface area contributed by atoms with Gasteiger partial charge in [-0.2, -0.15) is 5.26 Å². The van der Waals surface area contributed by atoms with E-state index in [1.54, 1.807) is 6.92 Å². The minimum Gasteiger partial charge on any atom is -0.466 e. The van der Waals surface area contributed by atoms with E-state index in [1.165, 1.54) is 12.1 Å². The normalized spacial score (nSPS) is 10.3. The van der Waals surface area contributed by atoms with Gasteiger partial charge in [0.25, 0.3) is 6.43 Å². The lowest BCUT2D eigenvalue weighted by Gasteiger charge is -2.13. The zero-order valence-corrected chi connectivity index (χ0v) is 10.9. The number of rotatable bonds is 5. The average Bonchev–Trinajstić information content (AvgIpc) is 2.37. The number of halogens is 2. The SMILES string of the molecule is CCOC(=O)Cc1c(C(F)F)ccc(CC)c1C#N. The van der Waals surface area contributed by atoms with E-state index in [4.69, 9.17) is 10.00 Å². The third-order valence-corrected chi connectivity index (χ3v) is 2.79. The van der Waals surface area contributed by atoms with E-state index in [2.05, 4.69) is 0 Å². The molecule has 0 saturated heterocycles. The Morgan fingerprint density at radius 1 is 1.42 bits per heavy atom. The van der Waals surface area contributed by atoms with Gasteiger partial charge in [-0.3, -0.25) is 4.79 Å². The molecule has 1 rings (SSSR count). The van der Waals surface area contributed by atoms with Crippen molar-refractivity contribution in [2.45, 2.75) is 33.1 Å². The maximum absolute atomic E-state index is 13.0. The van der Waals surface area contributed by atoms with E-state index >= 15 is 0 Å². The molecule has 0 aliphatic heterocycles. The van der Waals surface area contributed by atoms with Crippen LogP contribution in [0.1, 0.15) is 42.5 Å². The Morgan fingerprint density at radius 3 is 2.58 bits per heavy atom. The summed E-state index contributed by atoms with van der Waals surface area (Å²) in [5, 5.41) is 9.13. The summed E-state index contributed by atoms with van der Waals surface area (Å²) in [4.78, 5) is 11.5. The van der Waals surface area contributed by atoms with Crippen molar-refractivity contribution in [3.05, 3.63) is 34.4 Å². The molecule has 0 spiro atoms. The second-order valence-corrected chi connectivity index (χ2v) is 3.92. The molecule has 1 aromatic rings. The second kappa shape index (κ2) is 6.83. The number of carbonyl (C=O) groups excluding carboxylic acids is 1. The van der Waals surface area contributed by atoms with Gasteiger partial charge >= 0.3 is 5.97 Å². The van der Waals surface area contributed by atoms with Crippen LogP contribution in [0.2, 0.25) is 0 Å². The first-order valence-electron chi connectivity index (χ1n) is 6.03. The van der Waals surface area contributed by atoms with Gasteiger partial charge in [-0.15, -0.1) is 0 Å². The van der Waals surface area contributed by atoms with Crippen LogP contribution in [0.25, 0.3) is 0 Å². The minimum absolute atomic E-state index is 0.0790. The molecule has 0 fully saturated rings. The number of hydrogen-bond donors (Lipinski definition) is 0. The number of esters is 1. The largest absolute Gasteiger partial charge is 0.466 e. The molecule has 19 heavy (non-hydrogen) atoms. The van der Waals surface area contributed by atoms with E-state index in [-0.39, 0.29) is 29.7 Å². The van der Waals surface area contributed by atoms with Crippen LogP contribution in [0.15, 0.2) is 12.1 Å². The van der Waals surface area contributed by atoms with E-state index < -0.39 is 12.4 Å². The predicted molar refractivity (Wildman–Crippen MR) is 65.8 cm³/mol. The van der Waals surface area contributed by atoms with Crippen LogP contribution >= 0.6 is 0 Å². The molecular formula is C14H15F2NO2. The van der Waals surface area contributed by atoms with Crippen LogP contribution in [-0.4, -0.2) is 12.6 Å². The monoisotopic (exact) mass is 267 g/mol. The van der Waals surface area contributed by atoms with Crippen molar-refractivity contribution >= 4 is 5.97 Å². The smallest absolute Gasteiger partial charge is 0.310 e. The second-order valence-electron chi connectivity index (χ2n) is 3.92. The van der Waals surface area contributed by atoms with Gasteiger partial charge in [0.15, 0.2) is 0 Å². The van der Waals surface area contributed by atoms with Crippen LogP contribution in [0.4, 0.5) is 8.78 Å². The molecular weight excluding hydrogens is 252 g/mol. The minimum atomic E-state index is -2.72. The summed E-state index contributed by atoms with van der Waals surface area (Å²) in [6.07, 6.45) is -2.48. The van der Waals surface area contributed by atoms with Gasteiger partial charge < -0.3 is 4.74 Å². The highest BCUT2D eigenvalue weighted by molar-refractivity contribution is 5.74. The van der Waals surface area contributed by atoms with Crippen molar-refractivity contribution in [1.29, 1.82) is 5.26 Å². The molecule has 0 aromatic heterocycles. The van der Waals surface area contributed by atoms with Crippen LogP contribution in [0.3, 0.4) is 0 Å². The molecule has 0 N–H and O–H groups in total. The summed E-state index contributed by atoms with van der Waals surface area (Å²) < 4.78 is 30.7. The van der Waals surface area contributed by atoms with Crippen molar-refractivity contribution in [3.63, 3.8) is 0 Å². The number of ether oxygens (including phenoxy) is 1. The highest BCUT2D eigenvalue weighted by Gasteiger charge is 2.21. The molecule has 0 aliphatic rings. The Kier molecular flexibility index (Phi) is 5.43. The zero-order valence-electron chi connectivity index (χ0n) is 10.9. The molecule has 102 valence electrons. The lowest BCUT2D eigenvalue weighted by Crippen LogP contribution is -2.12. The number of nitriles is 1. The van der Waals surface area contributed by atoms with Crippen molar-refractivity contribution in [3.8, 4) is 6.07 Å². The highest BCUT2D eigenvalue weighted by Crippen LogP contribution is 2.28. The molecule has 5 heteroatoms. The summed E-state index contributed by atoms with van der Waals surface area (Å²) >= 11 is 0. The quantitative estimate of drug-likeness (QED) is 0.770. The summed E-state index contributed by atoms with van der Waals surface area (Å²) in [6, 6.07) is 4.70. The Balaban J connectivity index is 3.30. The lowest BCUT2D eigenvalue weighted by atomic mass is 9.93. The standard InChI is InChI=1S/C14H15F2NO2/c1-3-9-5-6-10(14(15)16)11(12(9)8-17)7-13(18)19-4-2/h5-6,14H,3-4,7H2,1-2H3. The van der Waals surface area contributed by atoms with Gasteiger partial charge in [0.05, 0.1) is 24.7 Å². The van der Waals surface area contributed by atoms with Crippen LogP contribution in [-0.2, 0) is 22.4 Å². The number of hydrogen-bond acceptors (Lipinski definition) is 3. The highest BCUT2D eigenvalue weighted by atomic mass is 19.3. The van der Waals surface area contributed by atoms with Crippen molar-refractivity contribution < 1.29 is 18.3 Å². The van der Waals surface area contributed by atoms with Crippen LogP contribution < -0.4 is 0 Å². The molecule has 0 aliphatic carbocycles. The van der Waals surface area contributed by atoms with Gasteiger partial charge in [0, 0.05) is 5.56 Å². The third kappa shape index (κ3) is 3.50. The zero-order chi connectivity index (χ0) is 14.4. The van der Waals surface area contributed by atoms with Gasteiger partial charge in [-0.1, -0.05) is 19.1 Å². The van der Waals surface area contributed by atoms with Crippen molar-refractivity contribution in [1.82, 2.24) is 0 Å². The van der Waals surface area contributed by atoms with Crippen LogP contribution in [0, 0.1) is 11.3 Å². The molecule has 0 radical (unpaired) electrons. The first-order valence-corrected chi connectivity index (χ1v) is 6.03. The lowest BCUT2D eigenvalue weighted by molar-refractivity contribution is -0.142. The van der Waals surface area contributed by atoms with Gasteiger partial charge in [0.2, 0.25) is 0 Å². The first kappa shape index (κ1) is 15.1. The van der Waals surface area contributed by atoms with Crippen molar-refractivity contribution in [2.75, 3.05) is 6.61 Å². The molecule has 0 atom stereocenters. The van der Waals surface area contributed by atoms with E-state index in [9.17, 15) is 13.6 Å². The molecule has 1 aromatic carbocycles. The van der Waals surface area contributed by atoms with Crippen molar-refractivity contribution in [2.24, 2.45) is 0 Å².